The van der Waals surface area contributed by atoms with E-state index in [1.54, 1.807) is 0 Å². The molecule has 0 unspecified atom stereocenters. The lowest BCUT2D eigenvalue weighted by Crippen LogP contribution is -2.15. The molecule has 0 spiro atoms. The highest BCUT2D eigenvalue weighted by Gasteiger charge is 2.08. The predicted octanol–water partition coefficient (Wildman–Crippen LogP) is 2.52. The van der Waals surface area contributed by atoms with Gasteiger partial charge >= 0.3 is 6.09 Å². The average Bonchev–Trinajstić information content (AvgIpc) is 2.47. The van der Waals surface area contributed by atoms with Gasteiger partial charge in [0.1, 0.15) is 0 Å². The zero-order valence-electron chi connectivity index (χ0n) is 6.86. The average molecular weight is 273 g/mol. The van der Waals surface area contributed by atoms with Crippen molar-refractivity contribution in [3.8, 4) is 5.19 Å². The molecule has 2 aromatic rings. The van der Waals surface area contributed by atoms with Crippen LogP contribution in [-0.4, -0.2) is 11.1 Å². The van der Waals surface area contributed by atoms with Crippen molar-refractivity contribution in [3.63, 3.8) is 0 Å². The van der Waals surface area contributed by atoms with Crippen LogP contribution in [-0.2, 0) is 0 Å². The van der Waals surface area contributed by atoms with Gasteiger partial charge in [-0.05, 0) is 28.1 Å². The second-order valence-corrected chi connectivity index (χ2v) is 4.33. The van der Waals surface area contributed by atoms with Crippen LogP contribution in [0.2, 0.25) is 0 Å². The third kappa shape index (κ3) is 1.71. The Morgan fingerprint density at radius 3 is 3.00 bits per heavy atom. The van der Waals surface area contributed by atoms with E-state index in [0.29, 0.717) is 0 Å². The lowest BCUT2D eigenvalue weighted by atomic mass is 10.3. The molecule has 0 bridgehead atoms. The monoisotopic (exact) mass is 272 g/mol. The molecule has 2 rings (SSSR count). The molecule has 1 heterocycles. The number of hydrogen-bond acceptors (Lipinski definition) is 4. The summed E-state index contributed by atoms with van der Waals surface area (Å²) in [5.74, 6) is 0. The quantitative estimate of drug-likeness (QED) is 0.868. The van der Waals surface area contributed by atoms with Crippen LogP contribution in [0.1, 0.15) is 0 Å². The molecule has 1 aromatic heterocycles. The van der Waals surface area contributed by atoms with E-state index in [1.165, 1.54) is 11.3 Å². The van der Waals surface area contributed by atoms with Crippen LogP contribution in [0.15, 0.2) is 22.7 Å². The van der Waals surface area contributed by atoms with E-state index in [1.807, 2.05) is 18.2 Å². The minimum absolute atomic E-state index is 0.263. The van der Waals surface area contributed by atoms with Gasteiger partial charge in [0.05, 0.1) is 10.2 Å². The minimum atomic E-state index is -0.847. The van der Waals surface area contributed by atoms with Gasteiger partial charge in [-0.25, -0.2) is 9.78 Å². The number of rotatable bonds is 1. The van der Waals surface area contributed by atoms with Crippen molar-refractivity contribution in [2.75, 3.05) is 0 Å². The van der Waals surface area contributed by atoms with E-state index in [4.69, 9.17) is 5.73 Å². The molecule has 1 aromatic carbocycles. The number of ether oxygens (including phenoxy) is 1. The molecule has 1 amide bonds. The molecule has 0 atom stereocenters. The Morgan fingerprint density at radius 1 is 1.57 bits per heavy atom. The highest BCUT2D eigenvalue weighted by molar-refractivity contribution is 9.10. The number of halogens is 1. The Labute approximate surface area is 91.8 Å². The Hall–Kier alpha value is -1.14. The van der Waals surface area contributed by atoms with Crippen molar-refractivity contribution in [2.24, 2.45) is 5.73 Å². The van der Waals surface area contributed by atoms with Gasteiger partial charge in [-0.1, -0.05) is 17.4 Å². The van der Waals surface area contributed by atoms with E-state index >= 15 is 0 Å². The van der Waals surface area contributed by atoms with Crippen LogP contribution in [0.3, 0.4) is 0 Å². The van der Waals surface area contributed by atoms with Crippen LogP contribution in [0, 0.1) is 0 Å². The number of thiazole rings is 1. The number of primary amides is 1. The molecule has 4 nitrogen and oxygen atoms in total. The van der Waals surface area contributed by atoms with E-state index in [2.05, 4.69) is 25.7 Å². The summed E-state index contributed by atoms with van der Waals surface area (Å²) in [5.41, 5.74) is 5.65. The van der Waals surface area contributed by atoms with Crippen molar-refractivity contribution >= 4 is 43.6 Å². The number of para-hydroxylation sites is 1. The normalized spacial score (nSPS) is 10.4. The first kappa shape index (κ1) is 9.42. The number of nitrogens with zero attached hydrogens (tertiary/aromatic N) is 1. The molecular weight excluding hydrogens is 268 g/mol. The summed E-state index contributed by atoms with van der Waals surface area (Å²) in [6.07, 6.45) is -0.847. The van der Waals surface area contributed by atoms with Gasteiger partial charge in [0, 0.05) is 4.47 Å². The van der Waals surface area contributed by atoms with E-state index in [9.17, 15) is 4.79 Å². The van der Waals surface area contributed by atoms with Gasteiger partial charge in [-0.2, -0.15) is 0 Å². The molecule has 0 aliphatic rings. The molecule has 0 fully saturated rings. The highest BCUT2D eigenvalue weighted by atomic mass is 79.9. The fourth-order valence-electron chi connectivity index (χ4n) is 1.02. The van der Waals surface area contributed by atoms with E-state index in [-0.39, 0.29) is 5.19 Å². The van der Waals surface area contributed by atoms with Gasteiger partial charge in [0.2, 0.25) is 0 Å². The standard InChI is InChI=1S/C8H5BrN2O2S/c9-4-2-1-3-5-6(4)11-8(14-5)13-7(10)12/h1-3H,(H2,10,12). The molecule has 14 heavy (non-hydrogen) atoms. The maximum atomic E-state index is 10.5. The molecule has 6 heteroatoms. The SMILES string of the molecule is NC(=O)Oc1nc2c(Br)cccc2s1. The Bertz CT molecular complexity index is 497. The van der Waals surface area contributed by atoms with Crippen LogP contribution < -0.4 is 10.5 Å². The van der Waals surface area contributed by atoms with Crippen molar-refractivity contribution in [1.29, 1.82) is 0 Å². The summed E-state index contributed by atoms with van der Waals surface area (Å²) in [4.78, 5) is 14.6. The molecule has 0 saturated heterocycles. The van der Waals surface area contributed by atoms with Gasteiger partial charge in [0.15, 0.2) is 0 Å². The van der Waals surface area contributed by atoms with E-state index < -0.39 is 6.09 Å². The van der Waals surface area contributed by atoms with Gasteiger partial charge < -0.3 is 10.5 Å². The second kappa shape index (κ2) is 3.55. The van der Waals surface area contributed by atoms with Crippen molar-refractivity contribution in [2.45, 2.75) is 0 Å². The lowest BCUT2D eigenvalue weighted by molar-refractivity contribution is 0.211. The number of fused-ring (bicyclic) bond motifs is 1. The first-order valence-electron chi connectivity index (χ1n) is 3.69. The van der Waals surface area contributed by atoms with Crippen LogP contribution in [0.5, 0.6) is 5.19 Å². The Kier molecular flexibility index (Phi) is 2.39. The topological polar surface area (TPSA) is 65.2 Å². The maximum absolute atomic E-state index is 10.5. The number of carbonyl (C=O) groups excluding carboxylic acids is 1. The Balaban J connectivity index is 2.51. The third-order valence-corrected chi connectivity index (χ3v) is 3.08. The zero-order chi connectivity index (χ0) is 10.1. The third-order valence-electron chi connectivity index (χ3n) is 1.54. The molecule has 72 valence electrons. The van der Waals surface area contributed by atoms with Crippen molar-refractivity contribution in [3.05, 3.63) is 22.7 Å². The van der Waals surface area contributed by atoms with Gasteiger partial charge in [0.25, 0.3) is 5.19 Å². The minimum Gasteiger partial charge on any atom is -0.381 e. The lowest BCUT2D eigenvalue weighted by Gasteiger charge is -1.90. The van der Waals surface area contributed by atoms with E-state index in [0.717, 1.165) is 14.7 Å². The number of hydrogen-bond donors (Lipinski definition) is 1. The second-order valence-electron chi connectivity index (χ2n) is 2.49. The number of amides is 1. The zero-order valence-corrected chi connectivity index (χ0v) is 9.26. The Morgan fingerprint density at radius 2 is 2.36 bits per heavy atom. The van der Waals surface area contributed by atoms with Crippen LogP contribution in [0.4, 0.5) is 4.79 Å². The summed E-state index contributed by atoms with van der Waals surface area (Å²) in [6, 6.07) is 5.65. The number of aromatic nitrogens is 1. The maximum Gasteiger partial charge on any atom is 0.411 e. The summed E-state index contributed by atoms with van der Waals surface area (Å²) >= 11 is 4.62. The van der Waals surface area contributed by atoms with Crippen molar-refractivity contribution in [1.82, 2.24) is 4.98 Å². The fourth-order valence-corrected chi connectivity index (χ4v) is 2.46. The summed E-state index contributed by atoms with van der Waals surface area (Å²) < 4.78 is 6.49. The van der Waals surface area contributed by atoms with Gasteiger partial charge in [-0.15, -0.1) is 0 Å². The van der Waals surface area contributed by atoms with Gasteiger partial charge in [-0.3, -0.25) is 0 Å². The summed E-state index contributed by atoms with van der Waals surface area (Å²) in [6.45, 7) is 0. The number of carbonyl (C=O) groups is 1. The largest absolute Gasteiger partial charge is 0.411 e. The number of nitrogens with two attached hydrogens (primary N) is 1. The highest BCUT2D eigenvalue weighted by Crippen LogP contribution is 2.31. The van der Waals surface area contributed by atoms with Crippen molar-refractivity contribution < 1.29 is 9.53 Å². The first-order valence-corrected chi connectivity index (χ1v) is 5.30. The molecule has 0 aliphatic carbocycles. The predicted molar refractivity (Wildman–Crippen MR) is 57.5 cm³/mol. The summed E-state index contributed by atoms with van der Waals surface area (Å²) in [5, 5.41) is 0.263. The smallest absolute Gasteiger partial charge is 0.381 e. The van der Waals surface area contributed by atoms with Crippen LogP contribution in [0.25, 0.3) is 10.2 Å². The molecular formula is C8H5BrN2O2S. The molecule has 0 aliphatic heterocycles. The first-order chi connectivity index (χ1) is 6.66. The molecule has 0 radical (unpaired) electrons. The summed E-state index contributed by atoms with van der Waals surface area (Å²) in [7, 11) is 0. The van der Waals surface area contributed by atoms with Crippen LogP contribution >= 0.6 is 27.3 Å². The molecule has 2 N–H and O–H groups in total. The fraction of sp³-hybridized carbons (Fsp3) is 0. The molecule has 0 saturated carbocycles. The number of benzene rings is 1.